The monoisotopic (exact) mass is 280 g/mol. The van der Waals surface area contributed by atoms with E-state index in [2.05, 4.69) is 15.7 Å². The Morgan fingerprint density at radius 1 is 1.60 bits per heavy atom. The summed E-state index contributed by atoms with van der Waals surface area (Å²) in [6.45, 7) is 2.62. The van der Waals surface area contributed by atoms with Crippen molar-refractivity contribution in [3.8, 4) is 0 Å². The predicted octanol–water partition coefficient (Wildman–Crippen LogP) is -0.958. The van der Waals surface area contributed by atoms with Crippen LogP contribution in [0, 0.1) is 0 Å². The van der Waals surface area contributed by atoms with Gasteiger partial charge in [0.2, 0.25) is 5.91 Å². The van der Waals surface area contributed by atoms with Gasteiger partial charge in [0.15, 0.2) is 0 Å². The smallest absolute Gasteiger partial charge is 0.267 e. The molecule has 20 heavy (non-hydrogen) atoms. The summed E-state index contributed by atoms with van der Waals surface area (Å²) in [7, 11) is 1.62. The Hall–Kier alpha value is -1.73. The van der Waals surface area contributed by atoms with E-state index in [1.165, 1.54) is 4.68 Å². The fourth-order valence-electron chi connectivity index (χ4n) is 2.11. The zero-order valence-electron chi connectivity index (χ0n) is 11.6. The minimum absolute atomic E-state index is 0.0352. The van der Waals surface area contributed by atoms with E-state index in [-0.39, 0.29) is 18.0 Å². The second-order valence-corrected chi connectivity index (χ2v) is 4.74. The van der Waals surface area contributed by atoms with Gasteiger partial charge < -0.3 is 15.4 Å². The van der Waals surface area contributed by atoms with Gasteiger partial charge >= 0.3 is 0 Å². The van der Waals surface area contributed by atoms with Gasteiger partial charge in [0.05, 0.1) is 5.69 Å². The molecular weight excluding hydrogens is 260 g/mol. The lowest BCUT2D eigenvalue weighted by atomic mass is 10.1. The summed E-state index contributed by atoms with van der Waals surface area (Å²) in [5.74, 6) is -0.204. The molecule has 0 radical (unpaired) electrons. The molecule has 1 aliphatic rings. The maximum Gasteiger partial charge on any atom is 0.267 e. The number of carbonyl (C=O) groups is 1. The average Bonchev–Trinajstić information content (AvgIpc) is 2.44. The molecule has 0 aromatic carbocycles. The van der Waals surface area contributed by atoms with Crippen molar-refractivity contribution in [2.24, 2.45) is 0 Å². The molecule has 2 N–H and O–H groups in total. The molecule has 0 saturated carbocycles. The van der Waals surface area contributed by atoms with Crippen LogP contribution in [0.15, 0.2) is 10.9 Å². The highest BCUT2D eigenvalue weighted by Crippen LogP contribution is 2.07. The SMILES string of the molecule is COCCCNC(=O)Cn1nc2c(cc1=O)CNCC2. The molecule has 1 aromatic heterocycles. The molecule has 0 unspecified atom stereocenters. The number of amides is 1. The molecule has 110 valence electrons. The molecule has 2 rings (SSSR count). The normalized spacial score (nSPS) is 13.8. The van der Waals surface area contributed by atoms with Crippen LogP contribution in [0.25, 0.3) is 0 Å². The topological polar surface area (TPSA) is 85.2 Å². The van der Waals surface area contributed by atoms with Crippen molar-refractivity contribution >= 4 is 5.91 Å². The minimum Gasteiger partial charge on any atom is -0.385 e. The minimum atomic E-state index is -0.237. The molecule has 1 aromatic rings. The average molecular weight is 280 g/mol. The number of carbonyl (C=O) groups excluding carboxylic acids is 1. The summed E-state index contributed by atoms with van der Waals surface area (Å²) in [4.78, 5) is 23.6. The first-order valence-corrected chi connectivity index (χ1v) is 6.77. The van der Waals surface area contributed by atoms with Crippen LogP contribution in [0.3, 0.4) is 0 Å². The van der Waals surface area contributed by atoms with E-state index < -0.39 is 0 Å². The predicted molar refractivity (Wildman–Crippen MR) is 73.4 cm³/mol. The van der Waals surface area contributed by atoms with E-state index in [1.54, 1.807) is 13.2 Å². The van der Waals surface area contributed by atoms with Crippen molar-refractivity contribution in [3.05, 3.63) is 27.7 Å². The molecule has 7 nitrogen and oxygen atoms in total. The van der Waals surface area contributed by atoms with Crippen molar-refractivity contribution in [3.63, 3.8) is 0 Å². The lowest BCUT2D eigenvalue weighted by Crippen LogP contribution is -2.36. The summed E-state index contributed by atoms with van der Waals surface area (Å²) in [6, 6.07) is 1.56. The van der Waals surface area contributed by atoms with Gasteiger partial charge in [-0.3, -0.25) is 9.59 Å². The van der Waals surface area contributed by atoms with Crippen LogP contribution in [-0.4, -0.2) is 42.5 Å². The van der Waals surface area contributed by atoms with E-state index in [1.807, 2.05) is 0 Å². The van der Waals surface area contributed by atoms with Crippen molar-refractivity contribution in [2.45, 2.75) is 25.9 Å². The first-order valence-electron chi connectivity index (χ1n) is 6.77. The Balaban J connectivity index is 1.95. The first kappa shape index (κ1) is 14.7. The third-order valence-electron chi connectivity index (χ3n) is 3.16. The fourth-order valence-corrected chi connectivity index (χ4v) is 2.11. The molecule has 0 aliphatic carbocycles. The molecule has 0 saturated heterocycles. The van der Waals surface area contributed by atoms with Gasteiger partial charge in [0.25, 0.3) is 5.56 Å². The first-order chi connectivity index (χ1) is 9.70. The highest BCUT2D eigenvalue weighted by molar-refractivity contribution is 5.75. The Kier molecular flexibility index (Phi) is 5.25. The largest absolute Gasteiger partial charge is 0.385 e. The number of methoxy groups -OCH3 is 1. The van der Waals surface area contributed by atoms with Crippen molar-refractivity contribution < 1.29 is 9.53 Å². The lowest BCUT2D eigenvalue weighted by Gasteiger charge is -2.16. The molecule has 0 bridgehead atoms. The molecular formula is C13H20N4O3. The second kappa shape index (κ2) is 7.16. The van der Waals surface area contributed by atoms with E-state index >= 15 is 0 Å². The number of aromatic nitrogens is 2. The Morgan fingerprint density at radius 2 is 2.45 bits per heavy atom. The van der Waals surface area contributed by atoms with Crippen LogP contribution in [0.1, 0.15) is 17.7 Å². The Labute approximate surface area is 117 Å². The van der Waals surface area contributed by atoms with Gasteiger partial charge in [-0.1, -0.05) is 0 Å². The van der Waals surface area contributed by atoms with Crippen LogP contribution in [0.5, 0.6) is 0 Å². The van der Waals surface area contributed by atoms with Crippen molar-refractivity contribution in [2.75, 3.05) is 26.8 Å². The van der Waals surface area contributed by atoms with E-state index in [0.717, 1.165) is 30.6 Å². The lowest BCUT2D eigenvalue weighted by molar-refractivity contribution is -0.121. The molecule has 0 spiro atoms. The number of fused-ring (bicyclic) bond motifs is 1. The van der Waals surface area contributed by atoms with Gasteiger partial charge in [0.1, 0.15) is 6.54 Å². The summed E-state index contributed by atoms with van der Waals surface area (Å²) in [5.41, 5.74) is 1.59. The van der Waals surface area contributed by atoms with Crippen molar-refractivity contribution in [1.29, 1.82) is 0 Å². The number of rotatable bonds is 6. The Bertz CT molecular complexity index is 527. The third-order valence-corrected chi connectivity index (χ3v) is 3.16. The van der Waals surface area contributed by atoms with Gasteiger partial charge in [-0.15, -0.1) is 0 Å². The summed E-state index contributed by atoms with van der Waals surface area (Å²) in [6.07, 6.45) is 1.53. The van der Waals surface area contributed by atoms with Crippen LogP contribution in [0.4, 0.5) is 0 Å². The maximum atomic E-state index is 11.9. The number of hydrogen-bond donors (Lipinski definition) is 2. The number of nitrogens with zero attached hydrogens (tertiary/aromatic N) is 2. The fraction of sp³-hybridized carbons (Fsp3) is 0.615. The van der Waals surface area contributed by atoms with Crippen LogP contribution in [-0.2, 0) is 29.0 Å². The highest BCUT2D eigenvalue weighted by atomic mass is 16.5. The van der Waals surface area contributed by atoms with Crippen LogP contribution in [0.2, 0.25) is 0 Å². The zero-order chi connectivity index (χ0) is 14.4. The van der Waals surface area contributed by atoms with Crippen molar-refractivity contribution in [1.82, 2.24) is 20.4 Å². The molecule has 7 heteroatoms. The summed E-state index contributed by atoms with van der Waals surface area (Å²) < 4.78 is 6.13. The Morgan fingerprint density at radius 3 is 3.25 bits per heavy atom. The zero-order valence-corrected chi connectivity index (χ0v) is 11.6. The van der Waals surface area contributed by atoms with E-state index in [9.17, 15) is 9.59 Å². The van der Waals surface area contributed by atoms with Crippen LogP contribution < -0.4 is 16.2 Å². The van der Waals surface area contributed by atoms with Gasteiger partial charge in [-0.2, -0.15) is 5.10 Å². The number of hydrogen-bond acceptors (Lipinski definition) is 5. The molecule has 2 heterocycles. The second-order valence-electron chi connectivity index (χ2n) is 4.74. The van der Waals surface area contributed by atoms with E-state index in [4.69, 9.17) is 4.74 Å². The van der Waals surface area contributed by atoms with Gasteiger partial charge in [0, 0.05) is 45.8 Å². The molecule has 1 aliphatic heterocycles. The summed E-state index contributed by atoms with van der Waals surface area (Å²) >= 11 is 0. The number of ether oxygens (including phenoxy) is 1. The van der Waals surface area contributed by atoms with Crippen LogP contribution >= 0.6 is 0 Å². The van der Waals surface area contributed by atoms with Gasteiger partial charge in [-0.25, -0.2) is 4.68 Å². The molecule has 1 amide bonds. The summed E-state index contributed by atoms with van der Waals surface area (Å²) in [5, 5.41) is 10.2. The number of nitrogens with one attached hydrogen (secondary N) is 2. The third kappa shape index (κ3) is 3.88. The molecule has 0 fully saturated rings. The quantitative estimate of drug-likeness (QED) is 0.656. The van der Waals surface area contributed by atoms with Gasteiger partial charge in [-0.05, 0) is 12.0 Å². The molecule has 0 atom stereocenters. The standard InChI is InChI=1S/C13H20N4O3/c1-20-6-2-4-15-12(18)9-17-13(19)7-10-8-14-5-3-11(10)16-17/h7,14H,2-6,8-9H2,1H3,(H,15,18). The maximum absolute atomic E-state index is 11.9. The highest BCUT2D eigenvalue weighted by Gasteiger charge is 2.14. The van der Waals surface area contributed by atoms with E-state index in [0.29, 0.717) is 19.7 Å².